The SMILES string of the molecule is C=CCOC(=O)[C@H](O)[C@@H](O)[C@H](O)[C@H](O)CO. The third kappa shape index (κ3) is 4.25. The van der Waals surface area contributed by atoms with Crippen LogP contribution >= 0.6 is 0 Å². The molecule has 0 aromatic rings. The van der Waals surface area contributed by atoms with E-state index >= 15 is 0 Å². The Balaban J connectivity index is 4.30. The number of hydrogen-bond acceptors (Lipinski definition) is 7. The summed E-state index contributed by atoms with van der Waals surface area (Å²) in [7, 11) is 0. The van der Waals surface area contributed by atoms with E-state index in [0.29, 0.717) is 0 Å². The largest absolute Gasteiger partial charge is 0.459 e. The van der Waals surface area contributed by atoms with Crippen LogP contribution in [0.15, 0.2) is 12.7 Å². The minimum atomic E-state index is -2.00. The minimum Gasteiger partial charge on any atom is -0.459 e. The molecule has 5 N–H and O–H groups in total. The van der Waals surface area contributed by atoms with Crippen molar-refractivity contribution >= 4 is 5.97 Å². The Kier molecular flexibility index (Phi) is 6.86. The predicted octanol–water partition coefficient (Wildman–Crippen LogP) is -2.85. The summed E-state index contributed by atoms with van der Waals surface area (Å²) in [5.74, 6) is -1.16. The molecule has 0 aliphatic heterocycles. The summed E-state index contributed by atoms with van der Waals surface area (Å²) < 4.78 is 4.42. The van der Waals surface area contributed by atoms with Crippen LogP contribution in [0.4, 0.5) is 0 Å². The lowest BCUT2D eigenvalue weighted by Gasteiger charge is -2.24. The first-order chi connectivity index (χ1) is 7.45. The van der Waals surface area contributed by atoms with Gasteiger partial charge in [-0.25, -0.2) is 4.79 Å². The van der Waals surface area contributed by atoms with Crippen LogP contribution in [0.25, 0.3) is 0 Å². The summed E-state index contributed by atoms with van der Waals surface area (Å²) >= 11 is 0. The van der Waals surface area contributed by atoms with E-state index in [0.717, 1.165) is 0 Å². The number of carbonyl (C=O) groups is 1. The molecular formula is C9H16O7. The second-order valence-corrected chi connectivity index (χ2v) is 3.09. The standard InChI is InChI=1S/C9H16O7/c1-2-3-16-9(15)8(14)7(13)6(12)5(11)4-10/h2,5-8,10-14H,1,3-4H2/t5-,6-,7+,8-/m1/s1. The average molecular weight is 236 g/mol. The van der Waals surface area contributed by atoms with Crippen molar-refractivity contribution in [3.8, 4) is 0 Å². The fourth-order valence-corrected chi connectivity index (χ4v) is 0.888. The Labute approximate surface area is 92.2 Å². The van der Waals surface area contributed by atoms with Crippen LogP contribution in [0.3, 0.4) is 0 Å². The molecule has 0 aliphatic rings. The molecule has 0 aliphatic carbocycles. The second-order valence-electron chi connectivity index (χ2n) is 3.09. The monoisotopic (exact) mass is 236 g/mol. The summed E-state index contributed by atoms with van der Waals surface area (Å²) in [6.45, 7) is 2.31. The van der Waals surface area contributed by atoms with Crippen LogP contribution in [0.2, 0.25) is 0 Å². The number of hydrogen-bond donors (Lipinski definition) is 5. The summed E-state index contributed by atoms with van der Waals surface area (Å²) in [4.78, 5) is 11.0. The fraction of sp³-hybridized carbons (Fsp3) is 0.667. The van der Waals surface area contributed by atoms with Gasteiger partial charge in [0.1, 0.15) is 24.9 Å². The Morgan fingerprint density at radius 3 is 2.25 bits per heavy atom. The fourth-order valence-electron chi connectivity index (χ4n) is 0.888. The van der Waals surface area contributed by atoms with Crippen molar-refractivity contribution in [3.63, 3.8) is 0 Å². The first-order valence-corrected chi connectivity index (χ1v) is 4.56. The quantitative estimate of drug-likeness (QED) is 0.238. The Bertz CT molecular complexity index is 230. The molecule has 0 fully saturated rings. The van der Waals surface area contributed by atoms with Gasteiger partial charge in [-0.3, -0.25) is 0 Å². The molecule has 16 heavy (non-hydrogen) atoms. The van der Waals surface area contributed by atoms with Crippen LogP contribution in [-0.2, 0) is 9.53 Å². The minimum absolute atomic E-state index is 0.152. The van der Waals surface area contributed by atoms with E-state index in [1.165, 1.54) is 6.08 Å². The molecule has 7 nitrogen and oxygen atoms in total. The van der Waals surface area contributed by atoms with E-state index < -0.39 is 37.0 Å². The van der Waals surface area contributed by atoms with Crippen LogP contribution < -0.4 is 0 Å². The predicted molar refractivity (Wildman–Crippen MR) is 52.3 cm³/mol. The first-order valence-electron chi connectivity index (χ1n) is 4.56. The zero-order chi connectivity index (χ0) is 12.7. The smallest absolute Gasteiger partial charge is 0.338 e. The van der Waals surface area contributed by atoms with Gasteiger partial charge in [-0.1, -0.05) is 12.7 Å². The molecule has 7 heteroatoms. The van der Waals surface area contributed by atoms with Crippen LogP contribution in [-0.4, -0.2) is 69.1 Å². The van der Waals surface area contributed by atoms with Gasteiger partial charge in [-0.15, -0.1) is 0 Å². The molecule has 0 saturated carbocycles. The van der Waals surface area contributed by atoms with E-state index in [-0.39, 0.29) is 6.61 Å². The molecule has 0 spiro atoms. The van der Waals surface area contributed by atoms with Crippen LogP contribution in [0.1, 0.15) is 0 Å². The molecule has 0 aromatic heterocycles. The molecular weight excluding hydrogens is 220 g/mol. The lowest BCUT2D eigenvalue weighted by molar-refractivity contribution is -0.169. The second kappa shape index (κ2) is 7.31. The topological polar surface area (TPSA) is 127 Å². The molecule has 0 bridgehead atoms. The van der Waals surface area contributed by atoms with Crippen molar-refractivity contribution in [2.24, 2.45) is 0 Å². The van der Waals surface area contributed by atoms with Crippen LogP contribution in [0.5, 0.6) is 0 Å². The third-order valence-electron chi connectivity index (χ3n) is 1.84. The number of esters is 1. The highest BCUT2D eigenvalue weighted by atomic mass is 16.5. The molecule has 0 heterocycles. The highest BCUT2D eigenvalue weighted by molar-refractivity contribution is 5.75. The number of rotatable bonds is 7. The molecule has 0 amide bonds. The molecule has 94 valence electrons. The summed E-state index contributed by atoms with van der Waals surface area (Å²) in [5.41, 5.74) is 0. The Morgan fingerprint density at radius 2 is 1.81 bits per heavy atom. The van der Waals surface area contributed by atoms with Gasteiger partial charge in [0, 0.05) is 0 Å². The van der Waals surface area contributed by atoms with E-state index in [9.17, 15) is 20.1 Å². The molecule has 0 aromatic carbocycles. The van der Waals surface area contributed by atoms with E-state index in [2.05, 4.69) is 11.3 Å². The van der Waals surface area contributed by atoms with Crippen molar-refractivity contribution in [1.29, 1.82) is 0 Å². The average Bonchev–Trinajstić information content (AvgIpc) is 2.31. The molecule has 0 saturated heterocycles. The van der Waals surface area contributed by atoms with Gasteiger partial charge in [0.2, 0.25) is 0 Å². The zero-order valence-corrected chi connectivity index (χ0v) is 8.56. The molecule has 0 rings (SSSR count). The van der Waals surface area contributed by atoms with Crippen molar-refractivity contribution in [1.82, 2.24) is 0 Å². The van der Waals surface area contributed by atoms with Crippen molar-refractivity contribution < 1.29 is 35.1 Å². The van der Waals surface area contributed by atoms with Gasteiger partial charge >= 0.3 is 5.97 Å². The first kappa shape index (κ1) is 15.0. The molecule has 0 radical (unpaired) electrons. The normalized spacial score (nSPS) is 18.3. The summed E-state index contributed by atoms with van der Waals surface area (Å²) in [6, 6.07) is 0. The third-order valence-corrected chi connectivity index (χ3v) is 1.84. The Hall–Kier alpha value is -0.990. The van der Waals surface area contributed by atoms with Gasteiger partial charge in [-0.2, -0.15) is 0 Å². The highest BCUT2D eigenvalue weighted by Crippen LogP contribution is 2.06. The van der Waals surface area contributed by atoms with Crippen molar-refractivity contribution in [2.75, 3.05) is 13.2 Å². The van der Waals surface area contributed by atoms with E-state index in [4.69, 9.17) is 10.2 Å². The van der Waals surface area contributed by atoms with E-state index in [1.807, 2.05) is 0 Å². The highest BCUT2D eigenvalue weighted by Gasteiger charge is 2.34. The van der Waals surface area contributed by atoms with Gasteiger partial charge < -0.3 is 30.3 Å². The van der Waals surface area contributed by atoms with Gasteiger partial charge in [0.25, 0.3) is 0 Å². The maximum absolute atomic E-state index is 11.0. The van der Waals surface area contributed by atoms with Crippen LogP contribution in [0, 0.1) is 0 Å². The van der Waals surface area contributed by atoms with Crippen molar-refractivity contribution in [2.45, 2.75) is 24.4 Å². The van der Waals surface area contributed by atoms with E-state index in [1.54, 1.807) is 0 Å². The van der Waals surface area contributed by atoms with Gasteiger partial charge in [0.15, 0.2) is 6.10 Å². The molecule has 4 atom stereocenters. The number of ether oxygens (including phenoxy) is 1. The Morgan fingerprint density at radius 1 is 1.25 bits per heavy atom. The number of aliphatic hydroxyl groups excluding tert-OH is 5. The molecule has 0 unspecified atom stereocenters. The summed E-state index contributed by atoms with van der Waals surface area (Å²) in [6.07, 6.45) is -6.19. The lowest BCUT2D eigenvalue weighted by Crippen LogP contribution is -2.49. The summed E-state index contributed by atoms with van der Waals surface area (Å²) in [5, 5.41) is 45.1. The maximum atomic E-state index is 11.0. The zero-order valence-electron chi connectivity index (χ0n) is 8.56. The maximum Gasteiger partial charge on any atom is 0.338 e. The van der Waals surface area contributed by atoms with Gasteiger partial charge in [0.05, 0.1) is 6.61 Å². The number of carbonyl (C=O) groups excluding carboxylic acids is 1. The van der Waals surface area contributed by atoms with Crippen molar-refractivity contribution in [3.05, 3.63) is 12.7 Å². The lowest BCUT2D eigenvalue weighted by atomic mass is 10.0. The van der Waals surface area contributed by atoms with Gasteiger partial charge in [-0.05, 0) is 0 Å². The number of aliphatic hydroxyl groups is 5.